The summed E-state index contributed by atoms with van der Waals surface area (Å²) < 4.78 is 0. The lowest BCUT2D eigenvalue weighted by Gasteiger charge is -2.18. The van der Waals surface area contributed by atoms with E-state index in [4.69, 9.17) is 0 Å². The molecule has 2 aromatic rings. The van der Waals surface area contributed by atoms with Gasteiger partial charge in [0.05, 0.1) is 18.2 Å². The van der Waals surface area contributed by atoms with Gasteiger partial charge >= 0.3 is 0 Å². The predicted molar refractivity (Wildman–Crippen MR) is 96.2 cm³/mol. The molecule has 132 valence electrons. The molecule has 1 aliphatic heterocycles. The first-order chi connectivity index (χ1) is 11.9. The lowest BCUT2D eigenvalue weighted by Crippen LogP contribution is -2.31. The molecule has 0 unspecified atom stereocenters. The number of hydrogen-bond acceptors (Lipinski definition) is 4. The molecule has 5 nitrogen and oxygen atoms in total. The average Bonchev–Trinajstić information content (AvgIpc) is 2.92. The second-order valence-electron chi connectivity index (χ2n) is 7.08. The summed E-state index contributed by atoms with van der Waals surface area (Å²) in [6.07, 6.45) is 5.53. The normalized spacial score (nSPS) is 20.1. The number of carbonyl (C=O) groups is 1. The van der Waals surface area contributed by atoms with E-state index >= 15 is 0 Å². The summed E-state index contributed by atoms with van der Waals surface area (Å²) in [4.78, 5) is 22.8. The molecule has 1 aromatic carbocycles. The van der Waals surface area contributed by atoms with E-state index < -0.39 is 6.10 Å². The maximum absolute atomic E-state index is 12.7. The number of hydrogen-bond donors (Lipinski definition) is 1. The molecule has 1 saturated heterocycles. The highest BCUT2D eigenvalue weighted by molar-refractivity contribution is 5.80. The number of nitrogens with zero attached hydrogens (tertiary/aromatic N) is 3. The van der Waals surface area contributed by atoms with Gasteiger partial charge in [-0.15, -0.1) is 0 Å². The van der Waals surface area contributed by atoms with Crippen molar-refractivity contribution in [3.05, 3.63) is 58.7 Å². The van der Waals surface area contributed by atoms with Crippen LogP contribution >= 0.6 is 0 Å². The summed E-state index contributed by atoms with van der Waals surface area (Å²) in [5, 5.41) is 10.3. The number of β-amino-alcohol motifs (C(OH)–C–C–N with tert-alkyl or cyclic N) is 1. The zero-order valence-electron chi connectivity index (χ0n) is 15.1. The van der Waals surface area contributed by atoms with Crippen LogP contribution in [0.3, 0.4) is 0 Å². The van der Waals surface area contributed by atoms with Crippen molar-refractivity contribution in [2.45, 2.75) is 39.7 Å². The van der Waals surface area contributed by atoms with Gasteiger partial charge in [-0.1, -0.05) is 17.7 Å². The molecular weight excluding hydrogens is 314 g/mol. The maximum Gasteiger partial charge on any atom is 0.227 e. The van der Waals surface area contributed by atoms with Crippen molar-refractivity contribution < 1.29 is 9.90 Å². The van der Waals surface area contributed by atoms with Crippen LogP contribution in [0.2, 0.25) is 0 Å². The van der Waals surface area contributed by atoms with Gasteiger partial charge in [-0.25, -0.2) is 0 Å². The van der Waals surface area contributed by atoms with Crippen molar-refractivity contribution in [3.63, 3.8) is 0 Å². The molecule has 1 aliphatic rings. The van der Waals surface area contributed by atoms with Gasteiger partial charge in [-0.3, -0.25) is 14.8 Å². The fourth-order valence-corrected chi connectivity index (χ4v) is 3.71. The van der Waals surface area contributed by atoms with Gasteiger partial charge in [-0.2, -0.15) is 0 Å². The molecule has 0 saturated carbocycles. The molecule has 0 bridgehead atoms. The first-order valence-electron chi connectivity index (χ1n) is 8.71. The Morgan fingerprint density at radius 3 is 2.56 bits per heavy atom. The Morgan fingerprint density at radius 2 is 1.92 bits per heavy atom. The van der Waals surface area contributed by atoms with Crippen LogP contribution in [0.15, 0.2) is 30.7 Å². The monoisotopic (exact) mass is 339 g/mol. The van der Waals surface area contributed by atoms with Gasteiger partial charge in [0.1, 0.15) is 0 Å². The van der Waals surface area contributed by atoms with E-state index in [1.807, 2.05) is 0 Å². The van der Waals surface area contributed by atoms with Crippen LogP contribution in [-0.4, -0.2) is 45.1 Å². The molecule has 1 amide bonds. The third kappa shape index (κ3) is 4.04. The fraction of sp³-hybridized carbons (Fsp3) is 0.450. The molecular formula is C20H25N3O2. The standard InChI is InChI=1S/C20H25N3O2/c1-13-6-14(2)18(15(3)7-13)9-20(25)23-11-16(19(24)12-23)8-17-10-21-4-5-22-17/h4-7,10,16,19,24H,8-9,11-12H2,1-3H3/t16-,19-/m1/s1. The molecule has 0 radical (unpaired) electrons. The largest absolute Gasteiger partial charge is 0.391 e. The Labute approximate surface area is 148 Å². The molecule has 3 rings (SSSR count). The summed E-state index contributed by atoms with van der Waals surface area (Å²) >= 11 is 0. The summed E-state index contributed by atoms with van der Waals surface area (Å²) in [6.45, 7) is 7.14. The average molecular weight is 339 g/mol. The van der Waals surface area contributed by atoms with Crippen molar-refractivity contribution in [1.29, 1.82) is 0 Å². The Hall–Kier alpha value is -2.27. The quantitative estimate of drug-likeness (QED) is 0.925. The molecule has 1 N–H and O–H groups in total. The Kier molecular flexibility index (Phi) is 5.13. The smallest absolute Gasteiger partial charge is 0.227 e. The molecule has 0 aliphatic carbocycles. The molecule has 1 fully saturated rings. The van der Waals surface area contributed by atoms with Crippen LogP contribution in [0.25, 0.3) is 0 Å². The fourth-order valence-electron chi connectivity index (χ4n) is 3.71. The lowest BCUT2D eigenvalue weighted by molar-refractivity contribution is -0.129. The number of amides is 1. The van der Waals surface area contributed by atoms with E-state index in [0.29, 0.717) is 25.9 Å². The third-order valence-corrected chi connectivity index (χ3v) is 5.02. The number of benzene rings is 1. The summed E-state index contributed by atoms with van der Waals surface area (Å²) in [5.74, 6) is 0.0941. The van der Waals surface area contributed by atoms with Gasteiger partial charge in [0.15, 0.2) is 0 Å². The number of aliphatic hydroxyl groups is 1. The number of aliphatic hydroxyl groups excluding tert-OH is 1. The zero-order valence-corrected chi connectivity index (χ0v) is 15.1. The molecule has 0 spiro atoms. The number of aromatic nitrogens is 2. The van der Waals surface area contributed by atoms with Crippen LogP contribution in [-0.2, 0) is 17.6 Å². The van der Waals surface area contributed by atoms with Gasteiger partial charge in [0.2, 0.25) is 5.91 Å². The highest BCUT2D eigenvalue weighted by atomic mass is 16.3. The van der Waals surface area contributed by atoms with Crippen molar-refractivity contribution in [2.75, 3.05) is 13.1 Å². The Morgan fingerprint density at radius 1 is 1.20 bits per heavy atom. The minimum Gasteiger partial charge on any atom is -0.391 e. The number of rotatable bonds is 4. The van der Waals surface area contributed by atoms with Gasteiger partial charge < -0.3 is 10.0 Å². The number of aryl methyl sites for hydroxylation is 3. The highest BCUT2D eigenvalue weighted by Gasteiger charge is 2.34. The second kappa shape index (κ2) is 7.31. The van der Waals surface area contributed by atoms with Gasteiger partial charge in [0.25, 0.3) is 0 Å². The second-order valence-corrected chi connectivity index (χ2v) is 7.08. The summed E-state index contributed by atoms with van der Waals surface area (Å²) in [6, 6.07) is 4.23. The van der Waals surface area contributed by atoms with Crippen LogP contribution in [0.4, 0.5) is 0 Å². The van der Waals surface area contributed by atoms with E-state index in [9.17, 15) is 9.90 Å². The molecule has 2 atom stereocenters. The molecule has 1 aromatic heterocycles. The number of carbonyl (C=O) groups excluding carboxylic acids is 1. The SMILES string of the molecule is Cc1cc(C)c(CC(=O)N2C[C@@H](Cc3cnccn3)[C@H](O)C2)c(C)c1. The van der Waals surface area contributed by atoms with E-state index in [2.05, 4.69) is 42.9 Å². The van der Waals surface area contributed by atoms with Gasteiger partial charge in [0, 0.05) is 37.6 Å². The summed E-state index contributed by atoms with van der Waals surface area (Å²) in [7, 11) is 0. The van der Waals surface area contributed by atoms with Crippen LogP contribution < -0.4 is 0 Å². The van der Waals surface area contributed by atoms with Crippen LogP contribution in [0.5, 0.6) is 0 Å². The Bertz CT molecular complexity index is 738. The minimum absolute atomic E-state index is 0.0147. The predicted octanol–water partition coefficient (Wildman–Crippen LogP) is 2.01. The van der Waals surface area contributed by atoms with E-state index in [-0.39, 0.29) is 11.8 Å². The third-order valence-electron chi connectivity index (χ3n) is 5.02. The molecule has 5 heteroatoms. The van der Waals surface area contributed by atoms with Crippen LogP contribution in [0.1, 0.15) is 27.9 Å². The van der Waals surface area contributed by atoms with Crippen molar-refractivity contribution >= 4 is 5.91 Å². The highest BCUT2D eigenvalue weighted by Crippen LogP contribution is 2.23. The Balaban J connectivity index is 1.66. The molecule has 2 heterocycles. The lowest BCUT2D eigenvalue weighted by atomic mass is 9.97. The minimum atomic E-state index is -0.508. The first-order valence-corrected chi connectivity index (χ1v) is 8.71. The van der Waals surface area contributed by atoms with Crippen molar-refractivity contribution in [3.8, 4) is 0 Å². The van der Waals surface area contributed by atoms with E-state index in [1.165, 1.54) is 5.56 Å². The van der Waals surface area contributed by atoms with Crippen LogP contribution in [0, 0.1) is 26.7 Å². The van der Waals surface area contributed by atoms with Gasteiger partial charge in [-0.05, 0) is 43.9 Å². The summed E-state index contributed by atoms with van der Waals surface area (Å²) in [5.41, 5.74) is 5.48. The maximum atomic E-state index is 12.7. The van der Waals surface area contributed by atoms with E-state index in [1.54, 1.807) is 23.5 Å². The molecule has 25 heavy (non-hydrogen) atoms. The van der Waals surface area contributed by atoms with Crippen molar-refractivity contribution in [2.24, 2.45) is 5.92 Å². The van der Waals surface area contributed by atoms with E-state index in [0.717, 1.165) is 22.4 Å². The first kappa shape index (κ1) is 17.5. The zero-order chi connectivity index (χ0) is 18.0. The topological polar surface area (TPSA) is 66.3 Å². The van der Waals surface area contributed by atoms with Crippen molar-refractivity contribution in [1.82, 2.24) is 14.9 Å². The number of likely N-dealkylation sites (tertiary alicyclic amines) is 1.